The number of hydrogen-bond donors (Lipinski definition) is 2. The molecule has 1 aliphatic rings. The monoisotopic (exact) mass is 373 g/mol. The van der Waals surface area contributed by atoms with Crippen LogP contribution in [0.25, 0.3) is 6.08 Å². The second-order valence-corrected chi connectivity index (χ2v) is 6.45. The number of amides is 2. The number of hydroxylamine groups is 2. The van der Waals surface area contributed by atoms with E-state index in [9.17, 15) is 9.59 Å². The number of benzene rings is 1. The lowest BCUT2D eigenvalue weighted by atomic mass is 10.0. The number of nitrogens with two attached hydrogens (primary N) is 2. The summed E-state index contributed by atoms with van der Waals surface area (Å²) < 4.78 is 0. The van der Waals surface area contributed by atoms with Gasteiger partial charge < -0.3 is 16.4 Å². The second kappa shape index (κ2) is 9.29. The number of rotatable bonds is 7. The molecule has 0 fully saturated rings. The highest BCUT2D eigenvalue weighted by Gasteiger charge is 2.22. The Bertz CT molecular complexity index is 771. The van der Waals surface area contributed by atoms with Gasteiger partial charge in [0.05, 0.1) is 12.3 Å². The Hall–Kier alpha value is -2.71. The van der Waals surface area contributed by atoms with Crippen LogP contribution in [-0.4, -0.2) is 61.4 Å². The number of carbonyl (C=O) groups is 2. The molecule has 0 spiro atoms. The maximum absolute atomic E-state index is 12.9. The van der Waals surface area contributed by atoms with Crippen molar-refractivity contribution in [2.45, 2.75) is 19.8 Å². The fourth-order valence-electron chi connectivity index (χ4n) is 2.67. The summed E-state index contributed by atoms with van der Waals surface area (Å²) in [6.45, 7) is 3.00. The number of nitrogens with zero attached hydrogens (tertiary/aromatic N) is 3. The van der Waals surface area contributed by atoms with Crippen molar-refractivity contribution in [3.63, 3.8) is 0 Å². The summed E-state index contributed by atoms with van der Waals surface area (Å²) in [5, 5.41) is 1.32. The van der Waals surface area contributed by atoms with Gasteiger partial charge in [-0.25, -0.2) is 10.1 Å². The van der Waals surface area contributed by atoms with Crippen LogP contribution in [0.5, 0.6) is 0 Å². The van der Waals surface area contributed by atoms with Crippen molar-refractivity contribution in [3.05, 3.63) is 34.9 Å². The molecule has 2 rings (SSSR count). The molecule has 27 heavy (non-hydrogen) atoms. The Balaban J connectivity index is 2.37. The Labute approximate surface area is 159 Å². The average molecular weight is 373 g/mol. The van der Waals surface area contributed by atoms with Gasteiger partial charge >= 0.3 is 0 Å². The molecule has 0 bridgehead atoms. The third-order valence-corrected chi connectivity index (χ3v) is 3.94. The number of hydrogen-bond acceptors (Lipinski definition) is 6. The van der Waals surface area contributed by atoms with Gasteiger partial charge in [-0.1, -0.05) is 13.0 Å². The molecule has 0 radical (unpaired) electrons. The Kier molecular flexibility index (Phi) is 7.09. The Morgan fingerprint density at radius 3 is 2.63 bits per heavy atom. The molecule has 1 aliphatic heterocycles. The molecule has 2 amide bonds. The van der Waals surface area contributed by atoms with Crippen LogP contribution in [-0.2, 0) is 9.63 Å². The van der Waals surface area contributed by atoms with Crippen molar-refractivity contribution >= 4 is 29.4 Å². The molecule has 1 aromatic rings. The zero-order valence-electron chi connectivity index (χ0n) is 16.1. The van der Waals surface area contributed by atoms with E-state index in [2.05, 4.69) is 4.99 Å². The van der Waals surface area contributed by atoms with Crippen LogP contribution in [0.4, 0.5) is 5.69 Å². The molecule has 1 heterocycles. The van der Waals surface area contributed by atoms with Crippen LogP contribution in [0.3, 0.4) is 0 Å². The van der Waals surface area contributed by atoms with E-state index >= 15 is 0 Å². The maximum atomic E-state index is 12.9. The van der Waals surface area contributed by atoms with Crippen molar-refractivity contribution in [1.29, 1.82) is 0 Å². The largest absolute Gasteiger partial charge is 0.387 e. The van der Waals surface area contributed by atoms with Crippen LogP contribution in [0.2, 0.25) is 0 Å². The molecule has 8 nitrogen and oxygen atoms in total. The first-order valence-electron chi connectivity index (χ1n) is 8.91. The lowest BCUT2D eigenvalue weighted by Crippen LogP contribution is -2.35. The fraction of sp³-hybridized carbons (Fsp3) is 0.421. The highest BCUT2D eigenvalue weighted by atomic mass is 16.7. The van der Waals surface area contributed by atoms with Crippen LogP contribution in [0.15, 0.2) is 28.8 Å². The molecular weight excluding hydrogens is 346 g/mol. The minimum absolute atomic E-state index is 0.125. The predicted octanol–water partition coefficient (Wildman–Crippen LogP) is 1.29. The number of amidine groups is 1. The molecule has 0 saturated carbocycles. The molecule has 0 saturated heterocycles. The fourth-order valence-corrected chi connectivity index (χ4v) is 2.67. The lowest BCUT2D eigenvalue weighted by Gasteiger charge is -2.22. The third kappa shape index (κ3) is 5.15. The molecule has 8 heteroatoms. The van der Waals surface area contributed by atoms with Crippen LogP contribution < -0.4 is 11.5 Å². The first-order valence-corrected chi connectivity index (χ1v) is 8.91. The summed E-state index contributed by atoms with van der Waals surface area (Å²) in [5.74, 6) is -0.0803. The first-order chi connectivity index (χ1) is 12.9. The van der Waals surface area contributed by atoms with E-state index < -0.39 is 0 Å². The zero-order chi connectivity index (χ0) is 20.0. The average Bonchev–Trinajstić information content (AvgIpc) is 2.81. The second-order valence-electron chi connectivity index (χ2n) is 6.45. The van der Waals surface area contributed by atoms with E-state index in [4.69, 9.17) is 16.3 Å². The topological polar surface area (TPSA) is 114 Å². The first kappa shape index (κ1) is 20.6. The number of aliphatic imine (C=N–C) groups is 1. The molecule has 0 aromatic heterocycles. The minimum atomic E-state index is -0.259. The summed E-state index contributed by atoms with van der Waals surface area (Å²) in [4.78, 5) is 36.4. The van der Waals surface area contributed by atoms with Crippen molar-refractivity contribution in [1.82, 2.24) is 9.96 Å². The van der Waals surface area contributed by atoms with E-state index in [0.29, 0.717) is 35.7 Å². The molecule has 0 aliphatic carbocycles. The zero-order valence-corrected chi connectivity index (χ0v) is 16.1. The van der Waals surface area contributed by atoms with E-state index in [1.807, 2.05) is 6.92 Å². The van der Waals surface area contributed by atoms with Gasteiger partial charge in [0, 0.05) is 50.3 Å². The summed E-state index contributed by atoms with van der Waals surface area (Å²) in [6, 6.07) is 5.17. The number of carbonyl (C=O) groups excluding carboxylic acids is 2. The van der Waals surface area contributed by atoms with Gasteiger partial charge in [0.15, 0.2) is 0 Å². The van der Waals surface area contributed by atoms with Crippen molar-refractivity contribution < 1.29 is 14.4 Å². The summed E-state index contributed by atoms with van der Waals surface area (Å²) >= 11 is 0. The summed E-state index contributed by atoms with van der Waals surface area (Å²) in [6.07, 6.45) is 2.70. The molecule has 0 atom stereocenters. The van der Waals surface area contributed by atoms with Gasteiger partial charge in [-0.3, -0.25) is 14.4 Å². The van der Waals surface area contributed by atoms with Crippen LogP contribution in [0, 0.1) is 0 Å². The van der Waals surface area contributed by atoms with Crippen LogP contribution >= 0.6 is 0 Å². The third-order valence-electron chi connectivity index (χ3n) is 3.94. The van der Waals surface area contributed by atoms with Gasteiger partial charge in [-0.05, 0) is 24.6 Å². The van der Waals surface area contributed by atoms with Gasteiger partial charge in [0.25, 0.3) is 11.8 Å². The molecule has 1 aromatic carbocycles. The van der Waals surface area contributed by atoms with E-state index in [1.165, 1.54) is 9.96 Å². The Morgan fingerprint density at radius 1 is 1.26 bits per heavy atom. The molecule has 4 N–H and O–H groups in total. The normalized spacial score (nSPS) is 13.2. The van der Waals surface area contributed by atoms with Crippen molar-refractivity contribution in [3.8, 4) is 0 Å². The lowest BCUT2D eigenvalue weighted by molar-refractivity contribution is -0.181. The minimum Gasteiger partial charge on any atom is -0.387 e. The smallest absolute Gasteiger partial charge is 0.273 e. The SMILES string of the molecule is CCCN(OCCN)C(=O)C1=Cc2ccc(C(=O)N(C)C)cc2N=C(N)C1. The quantitative estimate of drug-likeness (QED) is 0.699. The van der Waals surface area contributed by atoms with Crippen molar-refractivity contribution in [2.24, 2.45) is 16.5 Å². The number of fused-ring (bicyclic) bond motifs is 1. The Morgan fingerprint density at radius 2 is 2.00 bits per heavy atom. The van der Waals surface area contributed by atoms with Crippen molar-refractivity contribution in [2.75, 3.05) is 33.8 Å². The summed E-state index contributed by atoms with van der Waals surface area (Å²) in [5.41, 5.74) is 13.8. The van der Waals surface area contributed by atoms with Gasteiger partial charge in [-0.15, -0.1) is 0 Å². The summed E-state index contributed by atoms with van der Waals surface area (Å²) in [7, 11) is 3.37. The highest BCUT2D eigenvalue weighted by Crippen LogP contribution is 2.28. The van der Waals surface area contributed by atoms with E-state index in [-0.39, 0.29) is 24.8 Å². The molecule has 0 unspecified atom stereocenters. The van der Waals surface area contributed by atoms with Gasteiger partial charge in [-0.2, -0.15) is 0 Å². The molecular formula is C19H27N5O3. The van der Waals surface area contributed by atoms with E-state index in [0.717, 1.165) is 12.0 Å². The molecule has 146 valence electrons. The predicted molar refractivity (Wildman–Crippen MR) is 105 cm³/mol. The van der Waals surface area contributed by atoms with Gasteiger partial charge in [0.1, 0.15) is 5.84 Å². The van der Waals surface area contributed by atoms with E-state index in [1.54, 1.807) is 38.4 Å². The standard InChI is InChI=1S/C19H27N5O3/c1-4-8-24(27-9-7-20)19(26)15-10-13-5-6-14(18(25)23(2)3)11-16(13)22-17(21)12-15/h5-6,10-11H,4,7-9,12,20H2,1-3H3,(H2,21,22). The highest BCUT2D eigenvalue weighted by molar-refractivity contribution is 6.05. The van der Waals surface area contributed by atoms with Gasteiger partial charge in [0.2, 0.25) is 0 Å². The van der Waals surface area contributed by atoms with Crippen LogP contribution in [0.1, 0.15) is 35.7 Å². The maximum Gasteiger partial charge on any atom is 0.273 e.